The van der Waals surface area contributed by atoms with Crippen LogP contribution in [0.5, 0.6) is 0 Å². The van der Waals surface area contributed by atoms with Crippen LogP contribution in [0.3, 0.4) is 0 Å². The predicted octanol–water partition coefficient (Wildman–Crippen LogP) is 0.578. The van der Waals surface area contributed by atoms with Gasteiger partial charge in [-0.25, -0.2) is 0 Å². The van der Waals surface area contributed by atoms with Crippen molar-refractivity contribution >= 4 is 17.7 Å². The van der Waals surface area contributed by atoms with E-state index in [2.05, 4.69) is 14.9 Å². The van der Waals surface area contributed by atoms with Gasteiger partial charge in [-0.2, -0.15) is 0 Å². The molecule has 0 aliphatic heterocycles. The molecule has 1 aromatic rings. The molecule has 2 N–H and O–H groups in total. The Labute approximate surface area is 105 Å². The minimum Gasteiger partial charge on any atom is -0.468 e. The number of thioether (sulfide) groups is 1. The molecule has 1 rings (SSSR count). The lowest BCUT2D eigenvalue weighted by atomic mass is 9.98. The van der Waals surface area contributed by atoms with Crippen molar-refractivity contribution < 1.29 is 9.53 Å². The van der Waals surface area contributed by atoms with E-state index in [1.54, 1.807) is 25.0 Å². The van der Waals surface area contributed by atoms with Gasteiger partial charge in [-0.1, -0.05) is 11.8 Å². The fourth-order valence-corrected chi connectivity index (χ4v) is 2.17. The van der Waals surface area contributed by atoms with Crippen LogP contribution < -0.4 is 5.73 Å². The van der Waals surface area contributed by atoms with Crippen LogP contribution in [0.1, 0.15) is 19.8 Å². The first-order valence-electron chi connectivity index (χ1n) is 5.31. The number of rotatable bonds is 6. The molecular formula is C10H18N4O2S. The van der Waals surface area contributed by atoms with Crippen molar-refractivity contribution in [1.29, 1.82) is 0 Å². The van der Waals surface area contributed by atoms with Crippen molar-refractivity contribution in [3.8, 4) is 0 Å². The zero-order valence-corrected chi connectivity index (χ0v) is 11.2. The molecule has 0 fully saturated rings. The van der Waals surface area contributed by atoms with Crippen LogP contribution in [-0.4, -0.2) is 39.1 Å². The van der Waals surface area contributed by atoms with E-state index in [1.165, 1.54) is 7.11 Å². The molecule has 1 aromatic heterocycles. The highest BCUT2D eigenvalue weighted by atomic mass is 32.2. The average molecular weight is 258 g/mol. The lowest BCUT2D eigenvalue weighted by Gasteiger charge is -2.20. The molecule has 1 heterocycles. The molecule has 0 saturated heterocycles. The van der Waals surface area contributed by atoms with Crippen LogP contribution in [0.4, 0.5) is 0 Å². The van der Waals surface area contributed by atoms with Crippen LogP contribution in [-0.2, 0) is 16.6 Å². The number of carbonyl (C=O) groups is 1. The zero-order chi connectivity index (χ0) is 12.9. The van der Waals surface area contributed by atoms with Gasteiger partial charge in [0.2, 0.25) is 0 Å². The van der Waals surface area contributed by atoms with Gasteiger partial charge in [-0.05, 0) is 19.8 Å². The summed E-state index contributed by atoms with van der Waals surface area (Å²) in [5.74, 6) is 0.470. The Hall–Kier alpha value is -1.08. The summed E-state index contributed by atoms with van der Waals surface area (Å²) in [5.41, 5.74) is 4.94. The number of aromatic nitrogens is 3. The Morgan fingerprint density at radius 1 is 1.71 bits per heavy atom. The topological polar surface area (TPSA) is 83.0 Å². The van der Waals surface area contributed by atoms with Crippen LogP contribution in [0.2, 0.25) is 0 Å². The highest BCUT2D eigenvalue weighted by Crippen LogP contribution is 2.18. The number of esters is 1. The predicted molar refractivity (Wildman–Crippen MR) is 65.6 cm³/mol. The van der Waals surface area contributed by atoms with E-state index in [1.807, 2.05) is 11.6 Å². The van der Waals surface area contributed by atoms with E-state index in [4.69, 9.17) is 5.73 Å². The molecule has 1 unspecified atom stereocenters. The number of methoxy groups -OCH3 is 1. The number of ether oxygens (including phenoxy) is 1. The average Bonchev–Trinajstić information content (AvgIpc) is 2.69. The largest absolute Gasteiger partial charge is 0.468 e. The molecule has 0 aromatic carbocycles. The summed E-state index contributed by atoms with van der Waals surface area (Å²) >= 11 is 1.60. The molecule has 0 radical (unpaired) electrons. The molecule has 96 valence electrons. The maximum atomic E-state index is 11.3. The fraction of sp³-hybridized carbons (Fsp3) is 0.700. The third-order valence-corrected chi connectivity index (χ3v) is 3.51. The molecule has 1 atom stereocenters. The molecule has 7 heteroatoms. The SMILES string of the molecule is COC(=O)C(C)(N)CCCSc1nncn1C. The van der Waals surface area contributed by atoms with Gasteiger partial charge < -0.3 is 15.0 Å². The molecule has 0 bridgehead atoms. The summed E-state index contributed by atoms with van der Waals surface area (Å²) in [7, 11) is 3.24. The third kappa shape index (κ3) is 4.01. The monoisotopic (exact) mass is 258 g/mol. The lowest BCUT2D eigenvalue weighted by molar-refractivity contribution is -0.146. The van der Waals surface area contributed by atoms with Gasteiger partial charge in [0, 0.05) is 12.8 Å². The second-order valence-corrected chi connectivity index (χ2v) is 5.15. The number of nitrogens with two attached hydrogens (primary N) is 1. The number of hydrogen-bond donors (Lipinski definition) is 1. The Morgan fingerprint density at radius 2 is 2.41 bits per heavy atom. The van der Waals surface area contributed by atoms with Gasteiger partial charge in [-0.3, -0.25) is 4.79 Å². The van der Waals surface area contributed by atoms with Crippen molar-refractivity contribution in [2.45, 2.75) is 30.5 Å². The van der Waals surface area contributed by atoms with Crippen molar-refractivity contribution in [2.75, 3.05) is 12.9 Å². The second-order valence-electron chi connectivity index (χ2n) is 4.09. The first-order valence-corrected chi connectivity index (χ1v) is 6.30. The molecule has 6 nitrogen and oxygen atoms in total. The summed E-state index contributed by atoms with van der Waals surface area (Å²) in [5, 5.41) is 8.60. The Balaban J connectivity index is 2.29. The zero-order valence-electron chi connectivity index (χ0n) is 10.3. The summed E-state index contributed by atoms with van der Waals surface area (Å²) in [6.07, 6.45) is 3.06. The van der Waals surface area contributed by atoms with Gasteiger partial charge in [0.15, 0.2) is 5.16 Å². The summed E-state index contributed by atoms with van der Waals surface area (Å²) < 4.78 is 6.49. The summed E-state index contributed by atoms with van der Waals surface area (Å²) in [4.78, 5) is 11.3. The van der Waals surface area contributed by atoms with Crippen molar-refractivity contribution in [3.05, 3.63) is 6.33 Å². The van der Waals surface area contributed by atoms with E-state index in [9.17, 15) is 4.79 Å². The number of hydrogen-bond acceptors (Lipinski definition) is 6. The maximum absolute atomic E-state index is 11.3. The van der Waals surface area contributed by atoms with E-state index in [-0.39, 0.29) is 5.97 Å². The Kier molecular flexibility index (Phi) is 4.95. The Bertz CT molecular complexity index is 378. The fourth-order valence-electron chi connectivity index (χ4n) is 1.34. The number of aryl methyl sites for hydroxylation is 1. The second kappa shape index (κ2) is 6.02. The first kappa shape index (κ1) is 14.0. The van der Waals surface area contributed by atoms with E-state index in [0.717, 1.165) is 17.3 Å². The Morgan fingerprint density at radius 3 is 2.94 bits per heavy atom. The van der Waals surface area contributed by atoms with E-state index < -0.39 is 5.54 Å². The van der Waals surface area contributed by atoms with Gasteiger partial charge >= 0.3 is 5.97 Å². The summed E-state index contributed by atoms with van der Waals surface area (Å²) in [6.45, 7) is 1.69. The normalized spacial score (nSPS) is 14.4. The van der Waals surface area contributed by atoms with Crippen molar-refractivity contribution in [1.82, 2.24) is 14.8 Å². The van der Waals surface area contributed by atoms with E-state index in [0.29, 0.717) is 6.42 Å². The van der Waals surface area contributed by atoms with Gasteiger partial charge in [0.25, 0.3) is 0 Å². The minimum atomic E-state index is -0.908. The first-order chi connectivity index (χ1) is 7.97. The number of nitrogens with zero attached hydrogens (tertiary/aromatic N) is 3. The molecule has 0 spiro atoms. The van der Waals surface area contributed by atoms with Crippen molar-refractivity contribution in [3.63, 3.8) is 0 Å². The molecule has 17 heavy (non-hydrogen) atoms. The van der Waals surface area contributed by atoms with Gasteiger partial charge in [0.1, 0.15) is 11.9 Å². The van der Waals surface area contributed by atoms with Crippen LogP contribution >= 0.6 is 11.8 Å². The van der Waals surface area contributed by atoms with Gasteiger partial charge in [0.05, 0.1) is 7.11 Å². The highest BCUT2D eigenvalue weighted by Gasteiger charge is 2.28. The van der Waals surface area contributed by atoms with Crippen LogP contribution in [0.25, 0.3) is 0 Å². The number of carbonyl (C=O) groups excluding carboxylic acids is 1. The van der Waals surface area contributed by atoms with E-state index >= 15 is 0 Å². The smallest absolute Gasteiger partial charge is 0.325 e. The standard InChI is InChI=1S/C10H18N4O2S/c1-10(11,8(15)16-3)5-4-6-17-9-13-12-7-14(9)2/h7H,4-6,11H2,1-3H3. The molecule has 0 amide bonds. The highest BCUT2D eigenvalue weighted by molar-refractivity contribution is 7.99. The minimum absolute atomic E-state index is 0.374. The maximum Gasteiger partial charge on any atom is 0.325 e. The van der Waals surface area contributed by atoms with Crippen LogP contribution in [0, 0.1) is 0 Å². The lowest BCUT2D eigenvalue weighted by Crippen LogP contribution is -2.45. The third-order valence-electron chi connectivity index (χ3n) is 2.39. The quantitative estimate of drug-likeness (QED) is 0.456. The summed E-state index contributed by atoms with van der Waals surface area (Å²) in [6, 6.07) is 0. The molecule has 0 saturated carbocycles. The molecular weight excluding hydrogens is 240 g/mol. The van der Waals surface area contributed by atoms with Gasteiger partial charge in [-0.15, -0.1) is 10.2 Å². The molecule has 0 aliphatic carbocycles. The molecule has 0 aliphatic rings. The van der Waals surface area contributed by atoms with Crippen molar-refractivity contribution in [2.24, 2.45) is 12.8 Å². The van der Waals surface area contributed by atoms with Crippen LogP contribution in [0.15, 0.2) is 11.5 Å².